The normalized spacial score (nSPS) is 19.3. The molecule has 0 bridgehead atoms. The van der Waals surface area contributed by atoms with E-state index in [1.54, 1.807) is 31.6 Å². The summed E-state index contributed by atoms with van der Waals surface area (Å²) in [5.41, 5.74) is 1.37. The third-order valence-corrected chi connectivity index (χ3v) is 4.92. The molecule has 1 amide bonds. The van der Waals surface area contributed by atoms with E-state index in [4.69, 9.17) is 9.26 Å². The third kappa shape index (κ3) is 3.28. The van der Waals surface area contributed by atoms with E-state index in [0.29, 0.717) is 36.1 Å². The Morgan fingerprint density at radius 1 is 1.22 bits per heavy atom. The summed E-state index contributed by atoms with van der Waals surface area (Å²) < 4.78 is 10.8. The van der Waals surface area contributed by atoms with E-state index in [1.807, 2.05) is 29.2 Å². The van der Waals surface area contributed by atoms with E-state index in [9.17, 15) is 4.79 Å². The molecule has 0 aliphatic carbocycles. The summed E-state index contributed by atoms with van der Waals surface area (Å²) in [5.74, 6) is 1.81. The molecule has 2 atom stereocenters. The number of amides is 1. The molecule has 2 unspecified atom stereocenters. The van der Waals surface area contributed by atoms with Crippen LogP contribution >= 0.6 is 0 Å². The Kier molecular flexibility index (Phi) is 4.58. The van der Waals surface area contributed by atoms with Crippen molar-refractivity contribution in [3.8, 4) is 17.1 Å². The Bertz CT molecular complexity index is 941. The lowest BCUT2D eigenvalue weighted by Gasteiger charge is -2.17. The predicted octanol–water partition coefficient (Wildman–Crippen LogP) is 3.02. The van der Waals surface area contributed by atoms with Gasteiger partial charge in [0.1, 0.15) is 5.75 Å². The van der Waals surface area contributed by atoms with Crippen molar-refractivity contribution in [2.24, 2.45) is 5.92 Å². The molecule has 7 nitrogen and oxygen atoms in total. The monoisotopic (exact) mass is 364 g/mol. The van der Waals surface area contributed by atoms with Crippen LogP contribution in [-0.4, -0.2) is 46.1 Å². The van der Waals surface area contributed by atoms with Gasteiger partial charge in [-0.3, -0.25) is 9.78 Å². The van der Waals surface area contributed by atoms with E-state index >= 15 is 0 Å². The second kappa shape index (κ2) is 7.19. The highest BCUT2D eigenvalue weighted by Gasteiger charge is 2.37. The van der Waals surface area contributed by atoms with Crippen molar-refractivity contribution in [2.45, 2.75) is 12.8 Å². The van der Waals surface area contributed by atoms with Crippen molar-refractivity contribution in [2.75, 3.05) is 20.2 Å². The first-order chi connectivity index (χ1) is 13.2. The van der Waals surface area contributed by atoms with Crippen LogP contribution in [0.4, 0.5) is 0 Å². The van der Waals surface area contributed by atoms with E-state index in [0.717, 1.165) is 5.56 Å². The number of methoxy groups -OCH3 is 1. The minimum Gasteiger partial charge on any atom is -0.496 e. The second-order valence-electron chi connectivity index (χ2n) is 6.69. The van der Waals surface area contributed by atoms with Gasteiger partial charge in [0.15, 0.2) is 0 Å². The van der Waals surface area contributed by atoms with Crippen LogP contribution in [0.15, 0.2) is 53.3 Å². The van der Waals surface area contributed by atoms with Gasteiger partial charge in [0.2, 0.25) is 11.7 Å². The molecule has 1 saturated heterocycles. The van der Waals surface area contributed by atoms with Gasteiger partial charge in [0.25, 0.3) is 5.91 Å². The first kappa shape index (κ1) is 17.2. The first-order valence-electron chi connectivity index (χ1n) is 8.83. The van der Waals surface area contributed by atoms with Gasteiger partial charge in [-0.2, -0.15) is 4.98 Å². The molecule has 7 heteroatoms. The number of likely N-dealkylation sites (tertiary alicyclic amines) is 1. The van der Waals surface area contributed by atoms with Gasteiger partial charge in [-0.05, 0) is 30.2 Å². The number of ether oxygens (including phenoxy) is 1. The number of carbonyl (C=O) groups excluding carboxylic acids is 1. The van der Waals surface area contributed by atoms with E-state index in [2.05, 4.69) is 22.0 Å². The number of benzene rings is 1. The molecule has 4 rings (SSSR count). The number of hydrogen-bond acceptors (Lipinski definition) is 6. The molecular weight excluding hydrogens is 344 g/mol. The highest BCUT2D eigenvalue weighted by Crippen LogP contribution is 2.34. The van der Waals surface area contributed by atoms with Crippen LogP contribution in [0.25, 0.3) is 11.4 Å². The first-order valence-corrected chi connectivity index (χ1v) is 8.83. The maximum absolute atomic E-state index is 12.9. The molecule has 0 N–H and O–H groups in total. The van der Waals surface area contributed by atoms with Crippen molar-refractivity contribution in [3.05, 3.63) is 60.2 Å². The van der Waals surface area contributed by atoms with Crippen LogP contribution in [0.3, 0.4) is 0 Å². The molecule has 3 aromatic rings. The summed E-state index contributed by atoms with van der Waals surface area (Å²) in [5, 5.41) is 4.07. The number of rotatable bonds is 4. The zero-order chi connectivity index (χ0) is 18.8. The van der Waals surface area contributed by atoms with Gasteiger partial charge in [0, 0.05) is 31.0 Å². The SMILES string of the molecule is COc1ccccc1C(=O)N1CC(C)C(c2nc(-c3cccnc3)no2)C1. The fourth-order valence-electron chi connectivity index (χ4n) is 3.44. The molecule has 0 saturated carbocycles. The van der Waals surface area contributed by atoms with Gasteiger partial charge in [-0.1, -0.05) is 24.2 Å². The largest absolute Gasteiger partial charge is 0.496 e. The Balaban J connectivity index is 1.54. The summed E-state index contributed by atoms with van der Waals surface area (Å²) in [7, 11) is 1.57. The molecule has 2 aromatic heterocycles. The number of carbonyl (C=O) groups is 1. The van der Waals surface area contributed by atoms with Gasteiger partial charge in [-0.25, -0.2) is 0 Å². The van der Waals surface area contributed by atoms with Crippen LogP contribution in [0, 0.1) is 5.92 Å². The van der Waals surface area contributed by atoms with Crippen molar-refractivity contribution in [3.63, 3.8) is 0 Å². The summed E-state index contributed by atoms with van der Waals surface area (Å²) in [6, 6.07) is 11.0. The summed E-state index contributed by atoms with van der Waals surface area (Å²) in [4.78, 5) is 23.4. The van der Waals surface area contributed by atoms with Crippen LogP contribution in [0.2, 0.25) is 0 Å². The summed E-state index contributed by atoms with van der Waals surface area (Å²) >= 11 is 0. The standard InChI is InChI=1S/C20H20N4O3/c1-13-11-24(20(25)15-7-3-4-8-17(15)26-2)12-16(13)19-22-18(23-27-19)14-6-5-9-21-10-14/h3-10,13,16H,11-12H2,1-2H3. The zero-order valence-electron chi connectivity index (χ0n) is 15.2. The minimum atomic E-state index is -0.0474. The quantitative estimate of drug-likeness (QED) is 0.708. The van der Waals surface area contributed by atoms with Gasteiger partial charge < -0.3 is 14.2 Å². The highest BCUT2D eigenvalue weighted by molar-refractivity contribution is 5.97. The lowest BCUT2D eigenvalue weighted by Crippen LogP contribution is -2.29. The van der Waals surface area contributed by atoms with Crippen LogP contribution in [0.5, 0.6) is 5.75 Å². The number of para-hydroxylation sites is 1. The summed E-state index contributed by atoms with van der Waals surface area (Å²) in [6.07, 6.45) is 3.40. The molecule has 27 heavy (non-hydrogen) atoms. The van der Waals surface area contributed by atoms with Crippen molar-refractivity contribution in [1.29, 1.82) is 0 Å². The van der Waals surface area contributed by atoms with E-state index < -0.39 is 0 Å². The predicted molar refractivity (Wildman–Crippen MR) is 98.3 cm³/mol. The Hall–Kier alpha value is -3.22. The summed E-state index contributed by atoms with van der Waals surface area (Å²) in [6.45, 7) is 3.26. The zero-order valence-corrected chi connectivity index (χ0v) is 15.2. The topological polar surface area (TPSA) is 81.4 Å². The lowest BCUT2D eigenvalue weighted by atomic mass is 9.98. The van der Waals surface area contributed by atoms with Gasteiger partial charge in [0.05, 0.1) is 18.6 Å². The van der Waals surface area contributed by atoms with Gasteiger partial charge >= 0.3 is 0 Å². The fourth-order valence-corrected chi connectivity index (χ4v) is 3.44. The van der Waals surface area contributed by atoms with Gasteiger partial charge in [-0.15, -0.1) is 0 Å². The highest BCUT2D eigenvalue weighted by atomic mass is 16.5. The Labute approximate surface area is 157 Å². The average molecular weight is 364 g/mol. The second-order valence-corrected chi connectivity index (χ2v) is 6.69. The third-order valence-electron chi connectivity index (χ3n) is 4.92. The van der Waals surface area contributed by atoms with E-state index in [-0.39, 0.29) is 17.7 Å². The number of nitrogens with zero attached hydrogens (tertiary/aromatic N) is 4. The maximum Gasteiger partial charge on any atom is 0.257 e. The molecule has 1 aliphatic heterocycles. The van der Waals surface area contributed by atoms with Crippen LogP contribution < -0.4 is 4.74 Å². The van der Waals surface area contributed by atoms with Crippen molar-refractivity contribution < 1.29 is 14.1 Å². The minimum absolute atomic E-state index is 0.00146. The van der Waals surface area contributed by atoms with Crippen LogP contribution in [0.1, 0.15) is 29.1 Å². The maximum atomic E-state index is 12.9. The molecule has 3 heterocycles. The lowest BCUT2D eigenvalue weighted by molar-refractivity contribution is 0.0782. The number of hydrogen-bond donors (Lipinski definition) is 0. The average Bonchev–Trinajstić information content (AvgIpc) is 3.35. The molecule has 1 fully saturated rings. The molecule has 138 valence electrons. The van der Waals surface area contributed by atoms with E-state index in [1.165, 1.54) is 0 Å². The van der Waals surface area contributed by atoms with Crippen molar-refractivity contribution in [1.82, 2.24) is 20.0 Å². The van der Waals surface area contributed by atoms with Crippen LogP contribution in [-0.2, 0) is 0 Å². The number of pyridine rings is 1. The molecule has 1 aliphatic rings. The number of aromatic nitrogens is 3. The molecule has 1 aromatic carbocycles. The Morgan fingerprint density at radius 2 is 2.07 bits per heavy atom. The Morgan fingerprint density at radius 3 is 2.85 bits per heavy atom. The molecule has 0 spiro atoms. The smallest absolute Gasteiger partial charge is 0.257 e. The fraction of sp³-hybridized carbons (Fsp3) is 0.300. The molecule has 0 radical (unpaired) electrons. The van der Waals surface area contributed by atoms with Crippen molar-refractivity contribution >= 4 is 5.91 Å². The molecular formula is C20H20N4O3.